The first kappa shape index (κ1) is 18.9. The van der Waals surface area contributed by atoms with Crippen LogP contribution in [0.25, 0.3) is 0 Å². The summed E-state index contributed by atoms with van der Waals surface area (Å²) < 4.78 is 37.8. The van der Waals surface area contributed by atoms with Crippen molar-refractivity contribution in [1.82, 2.24) is 10.0 Å². The Morgan fingerprint density at radius 3 is 2.71 bits per heavy atom. The number of nitrogens with one attached hydrogen (secondary N) is 2. The molecule has 0 aliphatic carbocycles. The first-order valence-corrected chi connectivity index (χ1v) is 9.52. The molecule has 0 unspecified atom stereocenters. The first-order chi connectivity index (χ1) is 11.5. The van der Waals surface area contributed by atoms with Gasteiger partial charge in [-0.25, -0.2) is 13.1 Å². The molecule has 0 radical (unpaired) electrons. The molecule has 0 aromatic heterocycles. The molecule has 1 fully saturated rings. The van der Waals surface area contributed by atoms with E-state index in [0.717, 1.165) is 19.4 Å². The fraction of sp³-hybridized carbons (Fsp3) is 0.562. The summed E-state index contributed by atoms with van der Waals surface area (Å²) in [5.74, 6) is -0.254. The van der Waals surface area contributed by atoms with E-state index in [9.17, 15) is 13.2 Å². The summed E-state index contributed by atoms with van der Waals surface area (Å²) in [4.78, 5) is 11.6. The third-order valence-corrected chi connectivity index (χ3v) is 5.22. The van der Waals surface area contributed by atoms with Crippen LogP contribution in [0, 0.1) is 0 Å². The lowest BCUT2D eigenvalue weighted by Crippen LogP contribution is -2.26. The second-order valence-corrected chi connectivity index (χ2v) is 7.33. The van der Waals surface area contributed by atoms with Crippen LogP contribution in [0.3, 0.4) is 0 Å². The van der Waals surface area contributed by atoms with Crippen LogP contribution in [0.2, 0.25) is 0 Å². The number of benzene rings is 1. The van der Waals surface area contributed by atoms with Crippen molar-refractivity contribution in [2.75, 3.05) is 33.4 Å². The number of sulfonamides is 1. The molecule has 1 heterocycles. The molecular weight excluding hydrogens is 332 g/mol. The molecule has 1 saturated heterocycles. The highest BCUT2D eigenvalue weighted by molar-refractivity contribution is 7.89. The van der Waals surface area contributed by atoms with Crippen molar-refractivity contribution in [3.8, 4) is 0 Å². The molecule has 0 spiro atoms. The predicted molar refractivity (Wildman–Crippen MR) is 89.4 cm³/mol. The van der Waals surface area contributed by atoms with Crippen LogP contribution in [0.4, 0.5) is 0 Å². The third kappa shape index (κ3) is 5.55. The summed E-state index contributed by atoms with van der Waals surface area (Å²) in [7, 11) is -2.05. The van der Waals surface area contributed by atoms with E-state index in [0.29, 0.717) is 31.7 Å². The van der Waals surface area contributed by atoms with Crippen molar-refractivity contribution in [2.45, 2.75) is 30.3 Å². The van der Waals surface area contributed by atoms with E-state index in [4.69, 9.17) is 9.47 Å². The van der Waals surface area contributed by atoms with E-state index in [1.165, 1.54) is 31.3 Å². The third-order valence-electron chi connectivity index (χ3n) is 3.74. The van der Waals surface area contributed by atoms with Gasteiger partial charge in [-0.05, 0) is 43.5 Å². The highest BCUT2D eigenvalue weighted by Crippen LogP contribution is 2.12. The summed E-state index contributed by atoms with van der Waals surface area (Å²) in [6.07, 6.45) is 2.87. The summed E-state index contributed by atoms with van der Waals surface area (Å²) in [6, 6.07) is 5.80. The van der Waals surface area contributed by atoms with Gasteiger partial charge >= 0.3 is 0 Å². The minimum absolute atomic E-state index is 0.135. The van der Waals surface area contributed by atoms with Crippen LogP contribution in [0.5, 0.6) is 0 Å². The lowest BCUT2D eigenvalue weighted by Gasteiger charge is -2.10. The zero-order chi connectivity index (χ0) is 17.4. The van der Waals surface area contributed by atoms with E-state index in [1.54, 1.807) is 0 Å². The Hall–Kier alpha value is -1.48. The smallest absolute Gasteiger partial charge is 0.251 e. The van der Waals surface area contributed by atoms with Gasteiger partial charge in [-0.15, -0.1) is 0 Å². The normalized spacial score (nSPS) is 17.8. The zero-order valence-electron chi connectivity index (χ0n) is 13.8. The van der Waals surface area contributed by atoms with Crippen LogP contribution in [0.15, 0.2) is 29.2 Å². The van der Waals surface area contributed by atoms with Crippen molar-refractivity contribution in [3.63, 3.8) is 0 Å². The van der Waals surface area contributed by atoms with Gasteiger partial charge < -0.3 is 14.8 Å². The SMILES string of the molecule is CNC(=O)c1ccc(S(=O)(=O)NCCCOC[C@H]2CCCO2)cc1. The summed E-state index contributed by atoms with van der Waals surface area (Å²) in [6.45, 7) is 2.14. The molecular formula is C16H24N2O5S. The molecule has 1 amide bonds. The van der Waals surface area contributed by atoms with E-state index in [2.05, 4.69) is 10.0 Å². The number of rotatable bonds is 9. The molecule has 1 aliphatic rings. The van der Waals surface area contributed by atoms with E-state index in [1.807, 2.05) is 0 Å². The van der Waals surface area contributed by atoms with Crippen LogP contribution < -0.4 is 10.0 Å². The molecule has 2 rings (SSSR count). The Labute approximate surface area is 142 Å². The fourth-order valence-corrected chi connectivity index (χ4v) is 3.46. The van der Waals surface area contributed by atoms with Crippen molar-refractivity contribution in [1.29, 1.82) is 0 Å². The molecule has 1 atom stereocenters. The van der Waals surface area contributed by atoms with Gasteiger partial charge in [0.25, 0.3) is 5.91 Å². The van der Waals surface area contributed by atoms with Crippen molar-refractivity contribution >= 4 is 15.9 Å². The lowest BCUT2D eigenvalue weighted by molar-refractivity contribution is 0.0169. The van der Waals surface area contributed by atoms with Crippen molar-refractivity contribution in [3.05, 3.63) is 29.8 Å². The van der Waals surface area contributed by atoms with Gasteiger partial charge in [0.05, 0.1) is 17.6 Å². The molecule has 0 bridgehead atoms. The van der Waals surface area contributed by atoms with Crippen LogP contribution in [0.1, 0.15) is 29.6 Å². The van der Waals surface area contributed by atoms with Gasteiger partial charge in [0, 0.05) is 32.4 Å². The number of amides is 1. The second kappa shape index (κ2) is 9.12. The van der Waals surface area contributed by atoms with Gasteiger partial charge in [0.1, 0.15) is 0 Å². The Balaban J connectivity index is 1.71. The molecule has 1 aromatic rings. The van der Waals surface area contributed by atoms with E-state index in [-0.39, 0.29) is 16.9 Å². The summed E-state index contributed by atoms with van der Waals surface area (Å²) in [5, 5.41) is 2.49. The maximum atomic E-state index is 12.2. The Bertz CT molecular complexity index is 624. The van der Waals surface area contributed by atoms with Gasteiger partial charge in [-0.2, -0.15) is 0 Å². The maximum Gasteiger partial charge on any atom is 0.251 e. The molecule has 2 N–H and O–H groups in total. The summed E-state index contributed by atoms with van der Waals surface area (Å²) in [5.41, 5.74) is 0.416. The average molecular weight is 356 g/mol. The number of hydrogen-bond acceptors (Lipinski definition) is 5. The lowest BCUT2D eigenvalue weighted by atomic mass is 10.2. The monoisotopic (exact) mass is 356 g/mol. The van der Waals surface area contributed by atoms with Crippen molar-refractivity contribution < 1.29 is 22.7 Å². The van der Waals surface area contributed by atoms with Crippen LogP contribution in [-0.4, -0.2) is 53.8 Å². The minimum atomic E-state index is -3.57. The van der Waals surface area contributed by atoms with E-state index < -0.39 is 10.0 Å². The number of ether oxygens (including phenoxy) is 2. The average Bonchev–Trinajstić information content (AvgIpc) is 3.10. The van der Waals surface area contributed by atoms with E-state index >= 15 is 0 Å². The highest BCUT2D eigenvalue weighted by atomic mass is 32.2. The molecule has 24 heavy (non-hydrogen) atoms. The van der Waals surface area contributed by atoms with Gasteiger partial charge in [-0.3, -0.25) is 4.79 Å². The maximum absolute atomic E-state index is 12.2. The molecule has 8 heteroatoms. The largest absolute Gasteiger partial charge is 0.379 e. The Kier molecular flexibility index (Phi) is 7.16. The topological polar surface area (TPSA) is 93.7 Å². The van der Waals surface area contributed by atoms with Gasteiger partial charge in [0.15, 0.2) is 0 Å². The van der Waals surface area contributed by atoms with Gasteiger partial charge in [0.2, 0.25) is 10.0 Å². The standard InChI is InChI=1S/C16H24N2O5S/c1-17-16(19)13-5-7-15(8-6-13)24(20,21)18-9-3-10-22-12-14-4-2-11-23-14/h5-8,14,18H,2-4,9-12H2,1H3,(H,17,19)/t14-/m1/s1. The predicted octanol–water partition coefficient (Wildman–Crippen LogP) is 0.910. The zero-order valence-corrected chi connectivity index (χ0v) is 14.6. The quantitative estimate of drug-likeness (QED) is 0.642. The number of carbonyl (C=O) groups is 1. The van der Waals surface area contributed by atoms with Crippen molar-refractivity contribution in [2.24, 2.45) is 0 Å². The molecule has 1 aliphatic heterocycles. The fourth-order valence-electron chi connectivity index (χ4n) is 2.38. The van der Waals surface area contributed by atoms with Crippen LogP contribution >= 0.6 is 0 Å². The number of carbonyl (C=O) groups excluding carboxylic acids is 1. The van der Waals surface area contributed by atoms with Gasteiger partial charge in [-0.1, -0.05) is 0 Å². The molecule has 134 valence electrons. The number of hydrogen-bond donors (Lipinski definition) is 2. The summed E-state index contributed by atoms with van der Waals surface area (Å²) >= 11 is 0. The molecule has 0 saturated carbocycles. The molecule has 7 nitrogen and oxygen atoms in total. The Morgan fingerprint density at radius 2 is 2.08 bits per heavy atom. The molecule has 1 aromatic carbocycles. The van der Waals surface area contributed by atoms with Crippen LogP contribution in [-0.2, 0) is 19.5 Å². The second-order valence-electron chi connectivity index (χ2n) is 5.56. The first-order valence-electron chi connectivity index (χ1n) is 8.04. The minimum Gasteiger partial charge on any atom is -0.379 e. The Morgan fingerprint density at radius 1 is 1.33 bits per heavy atom. The highest BCUT2D eigenvalue weighted by Gasteiger charge is 2.16.